The second kappa shape index (κ2) is 12.3. The Labute approximate surface area is 269 Å². The number of nitrogens with zero attached hydrogens (tertiary/aromatic N) is 5. The van der Waals surface area contributed by atoms with Gasteiger partial charge in [0, 0.05) is 18.7 Å². The third-order valence-corrected chi connectivity index (χ3v) is 8.06. The molecule has 2 amide bonds. The van der Waals surface area contributed by atoms with E-state index in [9.17, 15) is 9.59 Å². The number of amides is 2. The van der Waals surface area contributed by atoms with Crippen molar-refractivity contribution < 1.29 is 23.5 Å². The Kier molecular flexibility index (Phi) is 8.35. The molecule has 4 heterocycles. The van der Waals surface area contributed by atoms with Gasteiger partial charge in [-0.15, -0.1) is 10.2 Å². The van der Waals surface area contributed by atoms with Gasteiger partial charge in [-0.05, 0) is 96.0 Å². The van der Waals surface area contributed by atoms with Gasteiger partial charge < -0.3 is 18.9 Å². The third-order valence-electron chi connectivity index (χ3n) is 8.06. The molecule has 11 nitrogen and oxygen atoms in total. The van der Waals surface area contributed by atoms with E-state index in [0.29, 0.717) is 24.9 Å². The number of carbonyl (C=O) groups excluding carboxylic acids is 2. The molecule has 2 aliphatic rings. The summed E-state index contributed by atoms with van der Waals surface area (Å²) >= 11 is 0. The van der Waals surface area contributed by atoms with Gasteiger partial charge in [-0.25, -0.2) is 14.6 Å². The van der Waals surface area contributed by atoms with Crippen LogP contribution in [0.2, 0.25) is 0 Å². The van der Waals surface area contributed by atoms with Crippen LogP contribution in [0.25, 0.3) is 33.8 Å². The SMILES string of the molecule is CC(C)(C)OC(=O)N1CCC[C@H]1c1ncc(-c2ccc(-c3ccc(-c4nnc([C@@H]5CCCN5C(=O)OC(C)(C)C)o4)cc3)cc2)[nH]1. The van der Waals surface area contributed by atoms with Gasteiger partial charge >= 0.3 is 12.2 Å². The molecule has 242 valence electrons. The summed E-state index contributed by atoms with van der Waals surface area (Å²) in [7, 11) is 0. The Morgan fingerprint density at radius 1 is 0.739 bits per heavy atom. The van der Waals surface area contributed by atoms with E-state index in [1.54, 1.807) is 9.80 Å². The summed E-state index contributed by atoms with van der Waals surface area (Å²) in [6, 6.07) is 15.8. The van der Waals surface area contributed by atoms with Crippen LogP contribution in [0, 0.1) is 0 Å². The molecule has 2 aromatic heterocycles. The number of ether oxygens (including phenoxy) is 2. The summed E-state index contributed by atoms with van der Waals surface area (Å²) in [5, 5.41) is 8.55. The van der Waals surface area contributed by atoms with Crippen molar-refractivity contribution in [1.29, 1.82) is 0 Å². The molecule has 0 bridgehead atoms. The number of aromatic amines is 1. The van der Waals surface area contributed by atoms with Gasteiger partial charge in [-0.2, -0.15) is 0 Å². The normalized spacial score (nSPS) is 18.7. The lowest BCUT2D eigenvalue weighted by Crippen LogP contribution is -2.36. The van der Waals surface area contributed by atoms with Crippen LogP contribution in [0.1, 0.15) is 91.0 Å². The Morgan fingerprint density at radius 2 is 1.24 bits per heavy atom. The van der Waals surface area contributed by atoms with E-state index in [0.717, 1.165) is 59.5 Å². The lowest BCUT2D eigenvalue weighted by Gasteiger charge is -2.27. The molecule has 2 aromatic carbocycles. The fraction of sp³-hybridized carbons (Fsp3) is 0.457. The molecule has 1 N–H and O–H groups in total. The molecule has 2 saturated heterocycles. The van der Waals surface area contributed by atoms with Crippen LogP contribution in [-0.4, -0.2) is 66.4 Å². The van der Waals surface area contributed by atoms with Crippen molar-refractivity contribution in [2.45, 2.75) is 90.5 Å². The molecule has 2 aliphatic heterocycles. The summed E-state index contributed by atoms with van der Waals surface area (Å²) < 4.78 is 17.2. The van der Waals surface area contributed by atoms with E-state index in [2.05, 4.69) is 44.4 Å². The zero-order valence-electron chi connectivity index (χ0n) is 27.4. The van der Waals surface area contributed by atoms with Gasteiger partial charge in [0.15, 0.2) is 0 Å². The zero-order valence-corrected chi connectivity index (χ0v) is 27.4. The molecule has 0 radical (unpaired) electrons. The molecule has 0 aliphatic carbocycles. The molecule has 6 rings (SSSR count). The second-order valence-corrected chi connectivity index (χ2v) is 13.9. The van der Waals surface area contributed by atoms with Crippen LogP contribution in [0.4, 0.5) is 9.59 Å². The van der Waals surface area contributed by atoms with Crippen LogP contribution in [0.5, 0.6) is 0 Å². The second-order valence-electron chi connectivity index (χ2n) is 13.9. The van der Waals surface area contributed by atoms with Crippen molar-refractivity contribution in [3.05, 3.63) is 66.4 Å². The highest BCUT2D eigenvalue weighted by Gasteiger charge is 2.37. The standard InChI is InChI=1S/C35H42N6O5/c1-34(2,3)45-32(42)40-19-7-9-27(40)29-36-21-26(37-29)24-15-11-22(12-16-24)23-13-17-25(18-14-23)30-38-39-31(44-30)28-10-8-20-41(28)33(43)46-35(4,5)6/h11-18,21,27-28H,7-10,19-20H2,1-6H3,(H,36,37)/t27-,28-/m0/s1. The highest BCUT2D eigenvalue weighted by atomic mass is 16.6. The van der Waals surface area contributed by atoms with Crippen LogP contribution >= 0.6 is 0 Å². The number of carbonyl (C=O) groups is 2. The minimum Gasteiger partial charge on any atom is -0.444 e. The van der Waals surface area contributed by atoms with E-state index >= 15 is 0 Å². The van der Waals surface area contributed by atoms with Crippen LogP contribution in [-0.2, 0) is 9.47 Å². The van der Waals surface area contributed by atoms with Crippen LogP contribution < -0.4 is 0 Å². The van der Waals surface area contributed by atoms with Crippen molar-refractivity contribution in [1.82, 2.24) is 30.0 Å². The van der Waals surface area contributed by atoms with Crippen molar-refractivity contribution >= 4 is 12.2 Å². The maximum Gasteiger partial charge on any atom is 0.410 e. The van der Waals surface area contributed by atoms with Gasteiger partial charge in [0.05, 0.1) is 17.9 Å². The molecular weight excluding hydrogens is 584 g/mol. The number of nitrogens with one attached hydrogen (secondary N) is 1. The third kappa shape index (κ3) is 6.93. The Bertz CT molecular complexity index is 1550. The predicted molar refractivity (Wildman–Crippen MR) is 173 cm³/mol. The number of imidazole rings is 1. The fourth-order valence-electron chi connectivity index (χ4n) is 5.94. The minimum atomic E-state index is -0.572. The average Bonchev–Trinajstić information content (AvgIpc) is 3.82. The molecule has 46 heavy (non-hydrogen) atoms. The lowest BCUT2D eigenvalue weighted by atomic mass is 10.0. The number of likely N-dealkylation sites (tertiary alicyclic amines) is 2. The lowest BCUT2D eigenvalue weighted by molar-refractivity contribution is 0.0199. The molecule has 4 aromatic rings. The number of aromatic nitrogens is 4. The first-order valence-electron chi connectivity index (χ1n) is 15.9. The average molecular weight is 627 g/mol. The fourth-order valence-corrected chi connectivity index (χ4v) is 5.94. The van der Waals surface area contributed by atoms with Gasteiger partial charge in [-0.3, -0.25) is 9.80 Å². The topological polar surface area (TPSA) is 127 Å². The monoisotopic (exact) mass is 626 g/mol. The molecule has 0 unspecified atom stereocenters. The minimum absolute atomic E-state index is 0.126. The smallest absolute Gasteiger partial charge is 0.410 e. The Balaban J connectivity index is 1.11. The quantitative estimate of drug-likeness (QED) is 0.237. The van der Waals surface area contributed by atoms with E-state index < -0.39 is 11.2 Å². The van der Waals surface area contributed by atoms with Crippen molar-refractivity contribution in [2.24, 2.45) is 0 Å². The zero-order chi connectivity index (χ0) is 32.6. The van der Waals surface area contributed by atoms with Crippen LogP contribution in [0.15, 0.2) is 59.1 Å². The number of rotatable bonds is 5. The molecule has 2 atom stereocenters. The summed E-state index contributed by atoms with van der Waals surface area (Å²) in [4.78, 5) is 37.0. The van der Waals surface area contributed by atoms with Crippen molar-refractivity contribution in [3.63, 3.8) is 0 Å². The van der Waals surface area contributed by atoms with Gasteiger partial charge in [0.1, 0.15) is 23.1 Å². The Morgan fingerprint density at radius 3 is 1.80 bits per heavy atom. The molecular formula is C35H42N6O5. The maximum atomic E-state index is 12.8. The first-order valence-corrected chi connectivity index (χ1v) is 15.9. The predicted octanol–water partition coefficient (Wildman–Crippen LogP) is 7.94. The Hall–Kier alpha value is -4.67. The molecule has 2 fully saturated rings. The summed E-state index contributed by atoms with van der Waals surface area (Å²) in [5.74, 6) is 1.61. The number of hydrogen-bond acceptors (Lipinski definition) is 8. The van der Waals surface area contributed by atoms with Crippen LogP contribution in [0.3, 0.4) is 0 Å². The van der Waals surface area contributed by atoms with Gasteiger partial charge in [0.2, 0.25) is 11.8 Å². The summed E-state index contributed by atoms with van der Waals surface area (Å²) in [5.41, 5.74) is 3.70. The van der Waals surface area contributed by atoms with E-state index in [-0.39, 0.29) is 24.3 Å². The summed E-state index contributed by atoms with van der Waals surface area (Å²) in [6.07, 6.45) is 4.51. The molecule has 0 saturated carbocycles. The summed E-state index contributed by atoms with van der Waals surface area (Å²) in [6.45, 7) is 12.5. The van der Waals surface area contributed by atoms with E-state index in [1.165, 1.54) is 0 Å². The van der Waals surface area contributed by atoms with E-state index in [1.807, 2.05) is 72.0 Å². The molecule has 11 heteroatoms. The highest BCUT2D eigenvalue weighted by molar-refractivity contribution is 5.72. The van der Waals surface area contributed by atoms with E-state index in [4.69, 9.17) is 13.9 Å². The highest BCUT2D eigenvalue weighted by Crippen LogP contribution is 2.35. The first-order chi connectivity index (χ1) is 21.8. The van der Waals surface area contributed by atoms with Crippen molar-refractivity contribution in [3.8, 4) is 33.8 Å². The largest absolute Gasteiger partial charge is 0.444 e. The molecule has 0 spiro atoms. The first kappa shape index (κ1) is 31.3. The number of hydrogen-bond donors (Lipinski definition) is 1. The number of H-pyrrole nitrogens is 1. The van der Waals surface area contributed by atoms with Crippen molar-refractivity contribution in [2.75, 3.05) is 13.1 Å². The van der Waals surface area contributed by atoms with Gasteiger partial charge in [-0.1, -0.05) is 36.4 Å². The number of benzene rings is 2. The maximum absolute atomic E-state index is 12.8. The van der Waals surface area contributed by atoms with Gasteiger partial charge in [0.25, 0.3) is 0 Å².